The fourth-order valence-corrected chi connectivity index (χ4v) is 3.55. The second-order valence-corrected chi connectivity index (χ2v) is 7.22. The summed E-state index contributed by atoms with van der Waals surface area (Å²) in [5.41, 5.74) is 3.65. The van der Waals surface area contributed by atoms with E-state index in [0.717, 1.165) is 44.1 Å². The Balaban J connectivity index is 1.37. The highest BCUT2D eigenvalue weighted by Crippen LogP contribution is 2.27. The highest BCUT2D eigenvalue weighted by Gasteiger charge is 2.23. The number of rotatable bonds is 7. The zero-order chi connectivity index (χ0) is 19.8. The molecule has 1 unspecified atom stereocenters. The van der Waals surface area contributed by atoms with Gasteiger partial charge in [0.2, 0.25) is 5.91 Å². The van der Waals surface area contributed by atoms with Gasteiger partial charge in [0, 0.05) is 38.8 Å². The molecule has 1 heterocycles. The summed E-state index contributed by atoms with van der Waals surface area (Å²) in [6.45, 7) is 4.53. The third-order valence-corrected chi connectivity index (χ3v) is 5.22. The summed E-state index contributed by atoms with van der Waals surface area (Å²) >= 11 is 0. The Kier molecular flexibility index (Phi) is 7.06. The number of carbonyl (C=O) groups is 1. The molecule has 148 valence electrons. The van der Waals surface area contributed by atoms with Crippen LogP contribution in [0.25, 0.3) is 0 Å². The molecular weight excluding hydrogens is 348 g/mol. The monoisotopic (exact) mass is 378 g/mol. The molecule has 0 saturated heterocycles. The molecule has 0 aliphatic carbocycles. The lowest BCUT2D eigenvalue weighted by Crippen LogP contribution is -2.39. The molecule has 0 saturated carbocycles. The predicted octanol–water partition coefficient (Wildman–Crippen LogP) is 3.32. The van der Waals surface area contributed by atoms with Crippen LogP contribution in [0.1, 0.15) is 36.8 Å². The number of fused-ring (bicyclic) bond motifs is 1. The zero-order valence-electron chi connectivity index (χ0n) is 16.8. The average Bonchev–Trinajstić information content (AvgIpc) is 3.18. The predicted molar refractivity (Wildman–Crippen MR) is 116 cm³/mol. The molecule has 1 amide bonds. The van der Waals surface area contributed by atoms with Crippen molar-refractivity contribution >= 4 is 17.6 Å². The molecule has 0 fully saturated rings. The summed E-state index contributed by atoms with van der Waals surface area (Å²) in [7, 11) is 1.77. The Morgan fingerprint density at radius 3 is 2.64 bits per heavy atom. The van der Waals surface area contributed by atoms with Crippen molar-refractivity contribution in [2.45, 2.75) is 32.1 Å². The lowest BCUT2D eigenvalue weighted by Gasteiger charge is -2.18. The largest absolute Gasteiger partial charge is 0.356 e. The summed E-state index contributed by atoms with van der Waals surface area (Å²) in [5, 5.41) is 6.68. The Morgan fingerprint density at radius 1 is 1.11 bits per heavy atom. The van der Waals surface area contributed by atoms with Crippen molar-refractivity contribution in [1.29, 1.82) is 0 Å². The molecule has 0 aromatic heterocycles. The molecule has 2 aromatic carbocycles. The topological polar surface area (TPSA) is 56.7 Å². The summed E-state index contributed by atoms with van der Waals surface area (Å²) < 4.78 is 0. The van der Waals surface area contributed by atoms with Gasteiger partial charge in [-0.2, -0.15) is 0 Å². The third kappa shape index (κ3) is 5.12. The van der Waals surface area contributed by atoms with E-state index in [1.54, 1.807) is 7.05 Å². The van der Waals surface area contributed by atoms with Crippen molar-refractivity contribution in [2.24, 2.45) is 4.99 Å². The van der Waals surface area contributed by atoms with Crippen LogP contribution < -0.4 is 15.5 Å². The van der Waals surface area contributed by atoms with Crippen LogP contribution >= 0.6 is 0 Å². The Labute approximate surface area is 167 Å². The highest BCUT2D eigenvalue weighted by molar-refractivity contribution is 5.95. The van der Waals surface area contributed by atoms with E-state index in [-0.39, 0.29) is 5.91 Å². The van der Waals surface area contributed by atoms with Crippen LogP contribution in [0.5, 0.6) is 0 Å². The summed E-state index contributed by atoms with van der Waals surface area (Å²) in [4.78, 5) is 18.7. The first-order valence-electron chi connectivity index (χ1n) is 10.1. The lowest BCUT2D eigenvalue weighted by molar-refractivity contribution is -0.118. The lowest BCUT2D eigenvalue weighted by atomic mass is 10.0. The van der Waals surface area contributed by atoms with E-state index in [0.29, 0.717) is 12.3 Å². The minimum absolute atomic E-state index is 0.201. The van der Waals surface area contributed by atoms with Crippen molar-refractivity contribution < 1.29 is 4.79 Å². The molecule has 2 aromatic rings. The van der Waals surface area contributed by atoms with Crippen molar-refractivity contribution in [1.82, 2.24) is 10.6 Å². The van der Waals surface area contributed by atoms with Gasteiger partial charge in [-0.25, -0.2) is 0 Å². The van der Waals surface area contributed by atoms with Gasteiger partial charge in [-0.05, 0) is 36.0 Å². The number of hydrogen-bond donors (Lipinski definition) is 2. The number of amides is 1. The van der Waals surface area contributed by atoms with E-state index in [2.05, 4.69) is 52.9 Å². The molecule has 1 aliphatic heterocycles. The van der Waals surface area contributed by atoms with Crippen LogP contribution in [0.3, 0.4) is 0 Å². The van der Waals surface area contributed by atoms with E-state index < -0.39 is 0 Å². The standard InChI is InChI=1S/C23H30N4O/c1-18(19-9-4-3-5-10-19)17-26-23(24-2)25-15-8-13-22(28)27-16-14-20-11-6-7-12-21(20)27/h3-7,9-12,18H,8,13-17H2,1-2H3,(H2,24,25,26). The van der Waals surface area contributed by atoms with Crippen molar-refractivity contribution in [3.8, 4) is 0 Å². The van der Waals surface area contributed by atoms with E-state index in [4.69, 9.17) is 0 Å². The van der Waals surface area contributed by atoms with Gasteiger partial charge in [0.15, 0.2) is 5.96 Å². The molecule has 0 radical (unpaired) electrons. The van der Waals surface area contributed by atoms with Gasteiger partial charge >= 0.3 is 0 Å². The van der Waals surface area contributed by atoms with Gasteiger partial charge < -0.3 is 15.5 Å². The molecule has 2 N–H and O–H groups in total. The second kappa shape index (κ2) is 9.93. The van der Waals surface area contributed by atoms with Crippen LogP contribution in [-0.2, 0) is 11.2 Å². The number of anilines is 1. The first-order valence-corrected chi connectivity index (χ1v) is 10.1. The first-order chi connectivity index (χ1) is 13.7. The summed E-state index contributed by atoms with van der Waals surface area (Å²) in [6.07, 6.45) is 2.28. The number of para-hydroxylation sites is 1. The average molecular weight is 379 g/mol. The minimum atomic E-state index is 0.201. The number of guanidine groups is 1. The van der Waals surface area contributed by atoms with Crippen LogP contribution in [0, 0.1) is 0 Å². The highest BCUT2D eigenvalue weighted by atomic mass is 16.2. The maximum absolute atomic E-state index is 12.5. The molecule has 5 heteroatoms. The Bertz CT molecular complexity index is 803. The number of aliphatic imine (C=N–C) groups is 1. The molecule has 1 atom stereocenters. The number of benzene rings is 2. The number of nitrogens with one attached hydrogen (secondary N) is 2. The minimum Gasteiger partial charge on any atom is -0.356 e. The van der Waals surface area contributed by atoms with E-state index >= 15 is 0 Å². The molecular formula is C23H30N4O. The zero-order valence-corrected chi connectivity index (χ0v) is 16.8. The summed E-state index contributed by atoms with van der Waals surface area (Å²) in [5.74, 6) is 1.38. The molecule has 0 bridgehead atoms. The van der Waals surface area contributed by atoms with Gasteiger partial charge in [0.1, 0.15) is 0 Å². The molecule has 1 aliphatic rings. The van der Waals surface area contributed by atoms with E-state index in [1.807, 2.05) is 29.2 Å². The first kappa shape index (κ1) is 19.9. The van der Waals surface area contributed by atoms with Gasteiger partial charge in [-0.15, -0.1) is 0 Å². The maximum Gasteiger partial charge on any atom is 0.227 e. The molecule has 28 heavy (non-hydrogen) atoms. The fourth-order valence-electron chi connectivity index (χ4n) is 3.55. The van der Waals surface area contributed by atoms with Crippen molar-refractivity contribution in [3.63, 3.8) is 0 Å². The van der Waals surface area contributed by atoms with Crippen LogP contribution in [0.4, 0.5) is 5.69 Å². The van der Waals surface area contributed by atoms with Crippen molar-refractivity contribution in [3.05, 3.63) is 65.7 Å². The van der Waals surface area contributed by atoms with Crippen LogP contribution in [-0.4, -0.2) is 38.5 Å². The number of nitrogens with zero attached hydrogens (tertiary/aromatic N) is 2. The van der Waals surface area contributed by atoms with E-state index in [9.17, 15) is 4.79 Å². The third-order valence-electron chi connectivity index (χ3n) is 5.22. The molecule has 5 nitrogen and oxygen atoms in total. The normalized spacial score (nSPS) is 14.5. The van der Waals surface area contributed by atoms with Gasteiger partial charge in [-0.3, -0.25) is 9.79 Å². The number of hydrogen-bond acceptors (Lipinski definition) is 2. The van der Waals surface area contributed by atoms with Gasteiger partial charge in [0.05, 0.1) is 0 Å². The second-order valence-electron chi connectivity index (χ2n) is 7.22. The Morgan fingerprint density at radius 2 is 1.86 bits per heavy atom. The van der Waals surface area contributed by atoms with Crippen molar-refractivity contribution in [2.75, 3.05) is 31.6 Å². The summed E-state index contributed by atoms with van der Waals surface area (Å²) in [6, 6.07) is 18.6. The maximum atomic E-state index is 12.5. The van der Waals surface area contributed by atoms with Crippen LogP contribution in [0.2, 0.25) is 0 Å². The SMILES string of the molecule is CN=C(NCCCC(=O)N1CCc2ccccc21)NCC(C)c1ccccc1. The number of carbonyl (C=O) groups excluding carboxylic acids is 1. The Hall–Kier alpha value is -2.82. The smallest absolute Gasteiger partial charge is 0.227 e. The molecule has 0 spiro atoms. The van der Waals surface area contributed by atoms with Gasteiger partial charge in [0.25, 0.3) is 0 Å². The quantitative estimate of drug-likeness (QED) is 0.441. The van der Waals surface area contributed by atoms with Gasteiger partial charge in [-0.1, -0.05) is 55.5 Å². The van der Waals surface area contributed by atoms with E-state index in [1.165, 1.54) is 11.1 Å². The fraction of sp³-hybridized carbons (Fsp3) is 0.391. The van der Waals surface area contributed by atoms with Crippen LogP contribution in [0.15, 0.2) is 59.6 Å². The molecule has 3 rings (SSSR count).